The van der Waals surface area contributed by atoms with Crippen LogP contribution < -0.4 is 15.2 Å². The molecule has 1 aliphatic heterocycles. The molecule has 0 atom stereocenters. The number of nitrogens with one attached hydrogen (secondary N) is 1. The first-order valence-electron chi connectivity index (χ1n) is 8.68. The second-order valence-electron chi connectivity index (χ2n) is 6.62. The fraction of sp³-hybridized carbons (Fsp3) is 0.421. The second-order valence-corrected chi connectivity index (χ2v) is 6.62. The Morgan fingerprint density at radius 1 is 1.31 bits per heavy atom. The highest BCUT2D eigenvalue weighted by atomic mass is 16.5. The number of aromatic nitrogens is 2. The summed E-state index contributed by atoms with van der Waals surface area (Å²) in [6, 6.07) is 7.75. The summed E-state index contributed by atoms with van der Waals surface area (Å²) in [6.45, 7) is 0.946. The number of methoxy groups -OCH3 is 1. The lowest BCUT2D eigenvalue weighted by Gasteiger charge is -2.28. The van der Waals surface area contributed by atoms with Gasteiger partial charge in [0, 0.05) is 32.6 Å². The van der Waals surface area contributed by atoms with Gasteiger partial charge in [-0.05, 0) is 30.5 Å². The summed E-state index contributed by atoms with van der Waals surface area (Å²) in [5.74, 6) is 1.40. The maximum Gasteiger partial charge on any atom is 0.255 e. The monoisotopic (exact) mass is 356 g/mol. The van der Waals surface area contributed by atoms with E-state index < -0.39 is 0 Å². The number of hydrogen-bond acceptors (Lipinski definition) is 5. The molecule has 3 rings (SSSR count). The van der Waals surface area contributed by atoms with Gasteiger partial charge in [-0.2, -0.15) is 0 Å². The highest BCUT2D eigenvalue weighted by Crippen LogP contribution is 2.18. The number of fused-ring (bicyclic) bond motifs is 1. The van der Waals surface area contributed by atoms with Gasteiger partial charge in [-0.15, -0.1) is 0 Å². The molecule has 0 fully saturated rings. The number of ether oxygens (including phenoxy) is 1. The molecule has 2 heterocycles. The van der Waals surface area contributed by atoms with E-state index in [0.29, 0.717) is 49.6 Å². The van der Waals surface area contributed by atoms with Crippen LogP contribution in [0.5, 0.6) is 5.75 Å². The normalized spacial score (nSPS) is 13.3. The van der Waals surface area contributed by atoms with Crippen molar-refractivity contribution >= 4 is 11.9 Å². The van der Waals surface area contributed by atoms with Crippen molar-refractivity contribution in [3.8, 4) is 5.75 Å². The van der Waals surface area contributed by atoms with Gasteiger partial charge in [0.05, 0.1) is 19.3 Å². The van der Waals surface area contributed by atoms with Gasteiger partial charge in [0.25, 0.3) is 5.56 Å². The zero-order valence-corrected chi connectivity index (χ0v) is 15.4. The molecule has 7 heteroatoms. The zero-order chi connectivity index (χ0) is 18.7. The molecule has 0 saturated carbocycles. The van der Waals surface area contributed by atoms with Crippen molar-refractivity contribution in [2.24, 2.45) is 0 Å². The Morgan fingerprint density at radius 3 is 2.69 bits per heavy atom. The van der Waals surface area contributed by atoms with Gasteiger partial charge in [-0.1, -0.05) is 12.1 Å². The van der Waals surface area contributed by atoms with Crippen LogP contribution in [0.4, 0.5) is 5.95 Å². The molecule has 0 radical (unpaired) electrons. The minimum atomic E-state index is -0.107. The summed E-state index contributed by atoms with van der Waals surface area (Å²) in [5.41, 5.74) is 2.38. The third-order valence-electron chi connectivity index (χ3n) is 4.62. The zero-order valence-electron chi connectivity index (χ0n) is 15.4. The van der Waals surface area contributed by atoms with Gasteiger partial charge in [0.1, 0.15) is 5.75 Å². The van der Waals surface area contributed by atoms with Gasteiger partial charge < -0.3 is 14.5 Å². The van der Waals surface area contributed by atoms with Crippen molar-refractivity contribution in [2.45, 2.75) is 25.8 Å². The lowest BCUT2D eigenvalue weighted by Crippen LogP contribution is -2.39. The Balaban J connectivity index is 1.65. The minimum absolute atomic E-state index is 0.0833. The molecule has 26 heavy (non-hydrogen) atoms. The maximum absolute atomic E-state index is 12.6. The Morgan fingerprint density at radius 2 is 2.04 bits per heavy atom. The van der Waals surface area contributed by atoms with Crippen LogP contribution in [0.2, 0.25) is 0 Å². The number of carbonyl (C=O) groups is 1. The molecule has 0 spiro atoms. The molecule has 0 saturated heterocycles. The number of benzene rings is 1. The average molecular weight is 356 g/mol. The number of amides is 1. The molecule has 1 amide bonds. The van der Waals surface area contributed by atoms with E-state index in [0.717, 1.165) is 11.3 Å². The van der Waals surface area contributed by atoms with Crippen LogP contribution in [0.3, 0.4) is 0 Å². The van der Waals surface area contributed by atoms with Crippen molar-refractivity contribution in [1.82, 2.24) is 14.9 Å². The first-order chi connectivity index (χ1) is 12.5. The molecule has 1 N–H and O–H groups in total. The fourth-order valence-corrected chi connectivity index (χ4v) is 3.05. The largest absolute Gasteiger partial charge is 0.497 e. The van der Waals surface area contributed by atoms with Crippen LogP contribution in [0.25, 0.3) is 0 Å². The summed E-state index contributed by atoms with van der Waals surface area (Å²) >= 11 is 0. The summed E-state index contributed by atoms with van der Waals surface area (Å²) in [7, 11) is 5.28. The van der Waals surface area contributed by atoms with Crippen LogP contribution >= 0.6 is 0 Å². The van der Waals surface area contributed by atoms with Crippen molar-refractivity contribution in [3.63, 3.8) is 0 Å². The Kier molecular flexibility index (Phi) is 5.25. The van der Waals surface area contributed by atoms with Gasteiger partial charge in [-0.3, -0.25) is 14.6 Å². The van der Waals surface area contributed by atoms with E-state index in [-0.39, 0.29) is 11.5 Å². The molecular weight excluding hydrogens is 332 g/mol. The molecule has 7 nitrogen and oxygen atoms in total. The quantitative estimate of drug-likeness (QED) is 0.875. The topological polar surface area (TPSA) is 78.5 Å². The number of nitrogens with zero attached hydrogens (tertiary/aromatic N) is 3. The molecular formula is C19H24N4O3. The molecule has 2 aromatic rings. The average Bonchev–Trinajstić information content (AvgIpc) is 2.65. The predicted octanol–water partition coefficient (Wildman–Crippen LogP) is 1.36. The first-order valence-corrected chi connectivity index (χ1v) is 8.68. The van der Waals surface area contributed by atoms with Crippen molar-refractivity contribution in [1.29, 1.82) is 0 Å². The Labute approximate surface area is 152 Å². The van der Waals surface area contributed by atoms with Gasteiger partial charge >= 0.3 is 0 Å². The fourth-order valence-electron chi connectivity index (χ4n) is 3.05. The lowest BCUT2D eigenvalue weighted by atomic mass is 10.0. The van der Waals surface area contributed by atoms with E-state index in [9.17, 15) is 9.59 Å². The summed E-state index contributed by atoms with van der Waals surface area (Å²) < 4.78 is 5.15. The molecule has 0 aliphatic carbocycles. The third-order valence-corrected chi connectivity index (χ3v) is 4.62. The van der Waals surface area contributed by atoms with Crippen molar-refractivity contribution in [3.05, 3.63) is 51.4 Å². The van der Waals surface area contributed by atoms with E-state index >= 15 is 0 Å². The van der Waals surface area contributed by atoms with Crippen molar-refractivity contribution < 1.29 is 9.53 Å². The number of aromatic amines is 1. The Hall–Kier alpha value is -2.83. The van der Waals surface area contributed by atoms with E-state index in [2.05, 4.69) is 9.97 Å². The van der Waals surface area contributed by atoms with Crippen LogP contribution in [0.15, 0.2) is 29.1 Å². The first kappa shape index (κ1) is 18.0. The Bertz CT molecular complexity index is 843. The van der Waals surface area contributed by atoms with E-state index in [1.807, 2.05) is 38.4 Å². The van der Waals surface area contributed by atoms with Crippen LogP contribution in [-0.2, 0) is 24.2 Å². The highest BCUT2D eigenvalue weighted by molar-refractivity contribution is 5.76. The summed E-state index contributed by atoms with van der Waals surface area (Å²) in [6.07, 6.45) is 1.66. The number of anilines is 1. The second kappa shape index (κ2) is 7.59. The van der Waals surface area contributed by atoms with Crippen LogP contribution in [-0.4, -0.2) is 48.5 Å². The third kappa shape index (κ3) is 3.87. The number of aryl methyl sites for hydroxylation is 1. The number of carbonyl (C=O) groups excluding carboxylic acids is 1. The summed E-state index contributed by atoms with van der Waals surface area (Å²) in [4.78, 5) is 35.6. The lowest BCUT2D eigenvalue weighted by molar-refractivity contribution is -0.132. The molecule has 1 aromatic heterocycles. The molecule has 1 aliphatic rings. The highest BCUT2D eigenvalue weighted by Gasteiger charge is 2.24. The standard InChI is InChI=1S/C19H24N4O3/c1-22(2)19-20-16-12-23(11-10-15(16)18(25)21-19)17(24)9-6-13-4-7-14(26-3)8-5-13/h4-5,7-8H,6,9-12H2,1-3H3,(H,20,21,25). The summed E-state index contributed by atoms with van der Waals surface area (Å²) in [5, 5.41) is 0. The molecule has 1 aromatic carbocycles. The SMILES string of the molecule is COc1ccc(CCC(=O)N2CCc3c(nc(N(C)C)[nH]c3=O)C2)cc1. The number of H-pyrrole nitrogens is 1. The van der Waals surface area contributed by atoms with E-state index in [1.54, 1.807) is 16.9 Å². The minimum Gasteiger partial charge on any atom is -0.497 e. The molecule has 0 unspecified atom stereocenters. The van der Waals surface area contributed by atoms with Gasteiger partial charge in [0.2, 0.25) is 11.9 Å². The van der Waals surface area contributed by atoms with Gasteiger partial charge in [-0.25, -0.2) is 4.98 Å². The van der Waals surface area contributed by atoms with E-state index in [4.69, 9.17) is 4.74 Å². The van der Waals surface area contributed by atoms with Crippen LogP contribution in [0, 0.1) is 0 Å². The molecule has 0 bridgehead atoms. The number of hydrogen-bond donors (Lipinski definition) is 1. The van der Waals surface area contributed by atoms with E-state index in [1.165, 1.54) is 0 Å². The van der Waals surface area contributed by atoms with Gasteiger partial charge in [0.15, 0.2) is 0 Å². The smallest absolute Gasteiger partial charge is 0.255 e. The predicted molar refractivity (Wildman–Crippen MR) is 99.6 cm³/mol. The van der Waals surface area contributed by atoms with Crippen LogP contribution in [0.1, 0.15) is 23.2 Å². The number of rotatable bonds is 5. The maximum atomic E-state index is 12.6. The molecule has 138 valence electrons. The van der Waals surface area contributed by atoms with Crippen molar-refractivity contribution in [2.75, 3.05) is 32.6 Å².